The molecule has 0 bridgehead atoms. The minimum atomic E-state index is 0.170. The van der Waals surface area contributed by atoms with E-state index in [1.807, 2.05) is 84.9 Å². The Bertz CT molecular complexity index is 3500. The van der Waals surface area contributed by atoms with Crippen LogP contribution in [0.2, 0.25) is 0 Å². The number of fused-ring (bicyclic) bond motifs is 6. The van der Waals surface area contributed by atoms with Crippen LogP contribution in [0.5, 0.6) is 0 Å². The molecule has 10 heteroatoms. The van der Waals surface area contributed by atoms with Crippen molar-refractivity contribution in [2.24, 2.45) is 0 Å². The number of hydrogen-bond donors (Lipinski definition) is 0. The van der Waals surface area contributed by atoms with Crippen molar-refractivity contribution in [3.63, 3.8) is 0 Å². The van der Waals surface area contributed by atoms with Crippen molar-refractivity contribution in [1.29, 1.82) is 0 Å². The molecule has 5 nitrogen and oxygen atoms in total. The molecule has 61 heavy (non-hydrogen) atoms. The van der Waals surface area contributed by atoms with Crippen LogP contribution in [0.1, 0.15) is 0 Å². The van der Waals surface area contributed by atoms with Gasteiger partial charge in [-0.25, -0.2) is 15.0 Å². The van der Waals surface area contributed by atoms with Crippen molar-refractivity contribution in [2.75, 3.05) is 0 Å². The number of rotatable bonds is 6. The van der Waals surface area contributed by atoms with Gasteiger partial charge in [0.15, 0.2) is 17.5 Å². The van der Waals surface area contributed by atoms with Gasteiger partial charge in [-0.3, -0.25) is 0 Å². The summed E-state index contributed by atoms with van der Waals surface area (Å²) in [4.78, 5) is 15.2. The summed E-state index contributed by atoms with van der Waals surface area (Å²) in [5.41, 5.74) is 11.9. The monoisotopic (exact) mass is 766 g/mol. The fourth-order valence-corrected chi connectivity index (χ4v) is 8.49. The van der Waals surface area contributed by atoms with E-state index in [0.29, 0.717) is 23.0 Å². The zero-order valence-corrected chi connectivity index (χ0v) is 32.7. The normalized spacial score (nSPS) is 11.6. The number of furan rings is 1. The van der Waals surface area contributed by atoms with Crippen LogP contribution in [0.3, 0.4) is 0 Å². The Balaban J connectivity index is 1.05. The lowest BCUT2D eigenvalue weighted by atomic mass is 9.59. The Morgan fingerprint density at radius 1 is 0.377 bits per heavy atom. The summed E-state index contributed by atoms with van der Waals surface area (Å²) in [6.45, 7) is 0. The summed E-state index contributed by atoms with van der Waals surface area (Å²) in [5.74, 6) is 1.53. The first-order chi connectivity index (χ1) is 29.8. The van der Waals surface area contributed by atoms with E-state index < -0.39 is 0 Å². The van der Waals surface area contributed by atoms with Crippen LogP contribution < -0.4 is 27.3 Å². The zero-order chi connectivity index (χ0) is 41.4. The van der Waals surface area contributed by atoms with Gasteiger partial charge in [-0.1, -0.05) is 126 Å². The van der Waals surface area contributed by atoms with E-state index in [2.05, 4.69) is 83.4 Å². The van der Waals surface area contributed by atoms with Crippen LogP contribution in [0, 0.1) is 0 Å². The van der Waals surface area contributed by atoms with Crippen LogP contribution in [-0.2, 0) is 0 Å². The molecule has 0 aliphatic rings. The quantitative estimate of drug-likeness (QED) is 0.169. The largest absolute Gasteiger partial charge is 0.456 e. The highest BCUT2D eigenvalue weighted by molar-refractivity contribution is 6.68. The van der Waals surface area contributed by atoms with Gasteiger partial charge < -0.3 is 8.98 Å². The van der Waals surface area contributed by atoms with E-state index in [0.717, 1.165) is 72.0 Å². The first-order valence-corrected chi connectivity index (χ1v) is 19.8. The summed E-state index contributed by atoms with van der Waals surface area (Å²) in [5, 5.41) is 4.25. The lowest BCUT2D eigenvalue weighted by Gasteiger charge is -2.21. The van der Waals surface area contributed by atoms with Gasteiger partial charge in [-0.15, -0.1) is 16.4 Å². The maximum absolute atomic E-state index is 6.49. The smallest absolute Gasteiger partial charge is 0.164 e. The van der Waals surface area contributed by atoms with Crippen LogP contribution in [0.15, 0.2) is 168 Å². The fourth-order valence-electron chi connectivity index (χ4n) is 8.49. The van der Waals surface area contributed by atoms with Crippen LogP contribution in [0.25, 0.3) is 106 Å². The predicted octanol–water partition coefficient (Wildman–Crippen LogP) is 7.17. The van der Waals surface area contributed by atoms with Gasteiger partial charge in [-0.05, 0) is 70.8 Å². The minimum Gasteiger partial charge on any atom is -0.456 e. The summed E-state index contributed by atoms with van der Waals surface area (Å²) in [6.07, 6.45) is 0. The maximum atomic E-state index is 6.49. The molecule has 0 fully saturated rings. The number of para-hydroxylation sites is 2. The molecule has 11 rings (SSSR count). The number of benzene rings is 8. The Labute approximate surface area is 358 Å². The van der Waals surface area contributed by atoms with Crippen molar-refractivity contribution in [1.82, 2.24) is 19.5 Å². The first-order valence-electron chi connectivity index (χ1n) is 19.8. The van der Waals surface area contributed by atoms with E-state index >= 15 is 0 Å². The van der Waals surface area contributed by atoms with Gasteiger partial charge in [0.05, 0.1) is 11.0 Å². The van der Waals surface area contributed by atoms with Crippen molar-refractivity contribution in [2.45, 2.75) is 0 Å². The SMILES string of the molecule is [B]c1c([B])c([B])c(-c2ccc(-c3nc(-c4ccccc4)nc(-c4cccc5oc6ccc(-c7ccc8c(c7)c7ccccc7n8-c7ccccc7)cc6c45)n3)cc2)c([B])c1[B]. The average Bonchev–Trinajstić information content (AvgIpc) is 3.86. The molecule has 3 aromatic heterocycles. The summed E-state index contributed by atoms with van der Waals surface area (Å²) >= 11 is 0. The van der Waals surface area contributed by atoms with Gasteiger partial charge >= 0.3 is 0 Å². The Morgan fingerprint density at radius 2 is 0.918 bits per heavy atom. The Hall–Kier alpha value is -7.31. The summed E-state index contributed by atoms with van der Waals surface area (Å²) in [6, 6.07) is 55.6. The molecule has 0 aliphatic heterocycles. The lowest BCUT2D eigenvalue weighted by Crippen LogP contribution is -2.55. The highest BCUT2D eigenvalue weighted by atomic mass is 16.3. The van der Waals surface area contributed by atoms with E-state index in [9.17, 15) is 0 Å². The molecular formula is C51H27B5N4O. The molecule has 0 amide bonds. The molecule has 0 N–H and O–H groups in total. The highest BCUT2D eigenvalue weighted by Crippen LogP contribution is 2.40. The van der Waals surface area contributed by atoms with E-state index in [4.69, 9.17) is 58.6 Å². The molecule has 0 unspecified atom stereocenters. The number of hydrogen-bond acceptors (Lipinski definition) is 4. The minimum absolute atomic E-state index is 0.170. The third kappa shape index (κ3) is 6.04. The molecule has 3 heterocycles. The molecule has 0 aliphatic carbocycles. The van der Waals surface area contributed by atoms with Crippen molar-refractivity contribution in [3.8, 4) is 62.1 Å². The predicted molar refractivity (Wildman–Crippen MR) is 256 cm³/mol. The van der Waals surface area contributed by atoms with Gasteiger partial charge in [-0.2, -0.15) is 0 Å². The molecule has 0 spiro atoms. The Morgan fingerprint density at radius 3 is 1.64 bits per heavy atom. The lowest BCUT2D eigenvalue weighted by molar-refractivity contribution is 0.669. The van der Waals surface area contributed by atoms with E-state index in [1.54, 1.807) is 0 Å². The van der Waals surface area contributed by atoms with Gasteiger partial charge in [0.2, 0.25) is 0 Å². The fraction of sp³-hybridized carbons (Fsp3) is 0. The van der Waals surface area contributed by atoms with Crippen molar-refractivity contribution >= 4 is 110 Å². The molecule has 0 atom stereocenters. The van der Waals surface area contributed by atoms with Crippen molar-refractivity contribution in [3.05, 3.63) is 164 Å². The van der Waals surface area contributed by atoms with Gasteiger partial charge in [0.25, 0.3) is 0 Å². The van der Waals surface area contributed by atoms with Gasteiger partial charge in [0.1, 0.15) is 50.4 Å². The highest BCUT2D eigenvalue weighted by Gasteiger charge is 2.20. The molecule has 272 valence electrons. The topological polar surface area (TPSA) is 56.7 Å². The molecular weight excluding hydrogens is 739 g/mol. The third-order valence-electron chi connectivity index (χ3n) is 11.6. The molecule has 0 saturated heterocycles. The molecule has 8 aromatic carbocycles. The van der Waals surface area contributed by atoms with Crippen LogP contribution in [-0.4, -0.2) is 58.8 Å². The van der Waals surface area contributed by atoms with Crippen LogP contribution in [0.4, 0.5) is 0 Å². The second-order valence-corrected chi connectivity index (χ2v) is 15.1. The average molecular weight is 766 g/mol. The number of nitrogens with zero attached hydrogens (tertiary/aromatic N) is 4. The standard InChI is InChI=1S/C51H27B5N4O/c52-44-42(45(53)47(55)48(56)46(44)54)28-18-20-30(21-19-28)50-57-49(29-10-3-1-4-11-29)58-51(59-50)35-15-9-17-41-43(35)37-27-32(23-25-40(37)61-41)31-22-24-39-36(26-31)34-14-7-8-16-38(34)60(39)33-12-5-2-6-13-33/h1-27H. The third-order valence-corrected chi connectivity index (χ3v) is 11.6. The zero-order valence-electron chi connectivity index (χ0n) is 32.7. The second-order valence-electron chi connectivity index (χ2n) is 15.1. The first kappa shape index (κ1) is 36.8. The van der Waals surface area contributed by atoms with E-state index in [-0.39, 0.29) is 27.3 Å². The maximum Gasteiger partial charge on any atom is 0.164 e. The molecule has 0 saturated carbocycles. The van der Waals surface area contributed by atoms with E-state index in [1.165, 1.54) is 10.8 Å². The summed E-state index contributed by atoms with van der Waals surface area (Å²) < 4.78 is 8.82. The number of aromatic nitrogens is 4. The molecule has 10 radical (unpaired) electrons. The summed E-state index contributed by atoms with van der Waals surface area (Å²) in [7, 11) is 31.3. The van der Waals surface area contributed by atoms with Crippen molar-refractivity contribution < 1.29 is 4.42 Å². The Kier molecular flexibility index (Phi) is 8.71. The van der Waals surface area contributed by atoms with Gasteiger partial charge in [0, 0.05) is 43.9 Å². The second kappa shape index (κ2) is 14.5. The molecule has 11 aromatic rings. The van der Waals surface area contributed by atoms with Crippen LogP contribution >= 0.6 is 0 Å².